The maximum Gasteiger partial charge on any atom is 0.317 e. The number of hydrogen-bond acceptors (Lipinski definition) is 5. The molecule has 2 aliphatic heterocycles. The molecular weight excluding hydrogens is 370 g/mol. The molecule has 2 saturated heterocycles. The van der Waals surface area contributed by atoms with Crippen LogP contribution in [0.1, 0.15) is 41.9 Å². The van der Waals surface area contributed by atoms with Gasteiger partial charge in [-0.15, -0.1) is 10.2 Å². The van der Waals surface area contributed by atoms with Gasteiger partial charge in [-0.3, -0.25) is 4.79 Å². The summed E-state index contributed by atoms with van der Waals surface area (Å²) in [5.41, 5.74) is 0.280. The van der Waals surface area contributed by atoms with Gasteiger partial charge in [0.2, 0.25) is 11.8 Å². The van der Waals surface area contributed by atoms with E-state index in [1.807, 2.05) is 47.1 Å². The van der Waals surface area contributed by atoms with Crippen molar-refractivity contribution in [3.8, 4) is 0 Å². The zero-order chi connectivity index (χ0) is 20.4. The van der Waals surface area contributed by atoms with Crippen LogP contribution < -0.4 is 5.32 Å². The van der Waals surface area contributed by atoms with Crippen molar-refractivity contribution in [2.45, 2.75) is 32.1 Å². The van der Waals surface area contributed by atoms with E-state index in [2.05, 4.69) is 15.5 Å². The van der Waals surface area contributed by atoms with Gasteiger partial charge < -0.3 is 19.5 Å². The molecule has 1 aromatic carbocycles. The first-order valence-corrected chi connectivity index (χ1v) is 10.2. The van der Waals surface area contributed by atoms with Crippen LogP contribution in [0.4, 0.5) is 4.79 Å². The van der Waals surface area contributed by atoms with Crippen molar-refractivity contribution in [2.75, 3.05) is 32.7 Å². The largest absolute Gasteiger partial charge is 0.425 e. The Bertz CT molecular complexity index is 883. The predicted octanol–water partition coefficient (Wildman–Crippen LogP) is 2.21. The maximum absolute atomic E-state index is 13.0. The van der Waals surface area contributed by atoms with Gasteiger partial charge in [0.1, 0.15) is 0 Å². The standard InChI is InChI=1S/C21H27N5O3/c1-3-10-22-20(28)26-13-17-12-25(18(27)16-7-5-4-6-8-16)11-9-21(17,14-26)19-24-23-15(2)29-19/h4-8,17H,3,9-14H2,1-2H3,(H,22,28)/t17-,21-/m0/s1. The molecule has 8 nitrogen and oxygen atoms in total. The number of nitrogens with zero attached hydrogens (tertiary/aromatic N) is 4. The monoisotopic (exact) mass is 397 g/mol. The molecule has 2 atom stereocenters. The average molecular weight is 397 g/mol. The molecule has 0 aliphatic carbocycles. The Balaban J connectivity index is 1.58. The van der Waals surface area contributed by atoms with Crippen LogP contribution in [0.5, 0.6) is 0 Å². The zero-order valence-electron chi connectivity index (χ0n) is 16.9. The van der Waals surface area contributed by atoms with E-state index in [0.717, 1.165) is 6.42 Å². The van der Waals surface area contributed by atoms with Crippen LogP contribution in [-0.4, -0.2) is 64.7 Å². The Kier molecular flexibility index (Phi) is 5.25. The van der Waals surface area contributed by atoms with Gasteiger partial charge in [0, 0.05) is 51.1 Å². The molecule has 1 N–H and O–H groups in total. The number of urea groups is 1. The Morgan fingerprint density at radius 2 is 1.97 bits per heavy atom. The number of aromatic nitrogens is 2. The van der Waals surface area contributed by atoms with Gasteiger partial charge in [-0.05, 0) is 25.0 Å². The molecule has 0 saturated carbocycles. The molecule has 0 unspecified atom stereocenters. The maximum atomic E-state index is 13.0. The minimum absolute atomic E-state index is 0.0230. The lowest BCUT2D eigenvalue weighted by molar-refractivity contribution is 0.0568. The number of nitrogens with one attached hydrogen (secondary N) is 1. The Morgan fingerprint density at radius 1 is 1.21 bits per heavy atom. The molecule has 0 bridgehead atoms. The van der Waals surface area contributed by atoms with Crippen molar-refractivity contribution in [3.63, 3.8) is 0 Å². The summed E-state index contributed by atoms with van der Waals surface area (Å²) in [6.45, 7) is 6.70. The highest BCUT2D eigenvalue weighted by atomic mass is 16.4. The van der Waals surface area contributed by atoms with Gasteiger partial charge in [0.05, 0.1) is 5.41 Å². The van der Waals surface area contributed by atoms with E-state index < -0.39 is 5.41 Å². The molecule has 3 heterocycles. The van der Waals surface area contributed by atoms with Gasteiger partial charge in [0.25, 0.3) is 5.91 Å². The number of carbonyl (C=O) groups is 2. The second-order valence-corrected chi connectivity index (χ2v) is 7.96. The minimum Gasteiger partial charge on any atom is -0.425 e. The number of aryl methyl sites for hydroxylation is 1. The first-order valence-electron chi connectivity index (χ1n) is 10.2. The summed E-state index contributed by atoms with van der Waals surface area (Å²) in [5, 5.41) is 11.3. The molecular formula is C21H27N5O3. The SMILES string of the molecule is CCCNC(=O)N1C[C@@H]2CN(C(=O)c3ccccc3)CC[C@]2(c2nnc(C)o2)C1. The molecule has 3 amide bonds. The smallest absolute Gasteiger partial charge is 0.317 e. The minimum atomic E-state index is -0.404. The van der Waals surface area contributed by atoms with Gasteiger partial charge >= 0.3 is 6.03 Å². The lowest BCUT2D eigenvalue weighted by Gasteiger charge is -2.41. The number of hydrogen-bond donors (Lipinski definition) is 1. The van der Waals surface area contributed by atoms with Crippen molar-refractivity contribution >= 4 is 11.9 Å². The van der Waals surface area contributed by atoms with Crippen LogP contribution >= 0.6 is 0 Å². The van der Waals surface area contributed by atoms with E-state index in [4.69, 9.17) is 4.42 Å². The van der Waals surface area contributed by atoms with E-state index in [1.54, 1.807) is 6.92 Å². The summed E-state index contributed by atoms with van der Waals surface area (Å²) in [7, 11) is 0. The number of benzene rings is 1. The third-order valence-electron chi connectivity index (χ3n) is 6.04. The summed E-state index contributed by atoms with van der Waals surface area (Å²) in [5.74, 6) is 1.17. The first-order chi connectivity index (χ1) is 14.0. The second-order valence-electron chi connectivity index (χ2n) is 7.96. The number of amides is 3. The molecule has 29 heavy (non-hydrogen) atoms. The van der Waals surface area contributed by atoms with Gasteiger partial charge in [-0.1, -0.05) is 25.1 Å². The highest BCUT2D eigenvalue weighted by molar-refractivity contribution is 5.94. The average Bonchev–Trinajstić information content (AvgIpc) is 3.36. The fourth-order valence-electron chi connectivity index (χ4n) is 4.48. The fraction of sp³-hybridized carbons (Fsp3) is 0.524. The molecule has 2 fully saturated rings. The van der Waals surface area contributed by atoms with Crippen LogP contribution in [0.25, 0.3) is 0 Å². The fourth-order valence-corrected chi connectivity index (χ4v) is 4.48. The summed E-state index contributed by atoms with van der Waals surface area (Å²) in [6, 6.07) is 9.25. The van der Waals surface area contributed by atoms with Crippen molar-refractivity contribution in [1.29, 1.82) is 0 Å². The van der Waals surface area contributed by atoms with Crippen molar-refractivity contribution < 1.29 is 14.0 Å². The molecule has 0 spiro atoms. The molecule has 1 aromatic heterocycles. The summed E-state index contributed by atoms with van der Waals surface area (Å²) in [6.07, 6.45) is 1.58. The molecule has 154 valence electrons. The number of likely N-dealkylation sites (tertiary alicyclic amines) is 2. The summed E-state index contributed by atoms with van der Waals surface area (Å²) >= 11 is 0. The van der Waals surface area contributed by atoms with Crippen LogP contribution in [0, 0.1) is 12.8 Å². The second kappa shape index (κ2) is 7.85. The highest BCUT2D eigenvalue weighted by Crippen LogP contribution is 2.45. The lowest BCUT2D eigenvalue weighted by atomic mass is 9.72. The van der Waals surface area contributed by atoms with Gasteiger partial charge in [0.15, 0.2) is 0 Å². The first kappa shape index (κ1) is 19.4. The zero-order valence-corrected chi connectivity index (χ0v) is 16.9. The van der Waals surface area contributed by atoms with E-state index in [0.29, 0.717) is 56.5 Å². The third kappa shape index (κ3) is 3.59. The Morgan fingerprint density at radius 3 is 2.66 bits per heavy atom. The number of piperidine rings is 1. The highest BCUT2D eigenvalue weighted by Gasteiger charge is 2.55. The van der Waals surface area contributed by atoms with E-state index in [-0.39, 0.29) is 17.9 Å². The van der Waals surface area contributed by atoms with Crippen molar-refractivity contribution in [1.82, 2.24) is 25.3 Å². The predicted molar refractivity (Wildman–Crippen MR) is 106 cm³/mol. The Labute approximate surface area is 170 Å². The number of fused-ring (bicyclic) bond motifs is 1. The van der Waals surface area contributed by atoms with Gasteiger partial charge in [-0.25, -0.2) is 4.79 Å². The van der Waals surface area contributed by atoms with Crippen LogP contribution in [0.3, 0.4) is 0 Å². The Hall–Kier alpha value is -2.90. The van der Waals surface area contributed by atoms with Crippen LogP contribution in [-0.2, 0) is 5.41 Å². The van der Waals surface area contributed by atoms with E-state index in [9.17, 15) is 9.59 Å². The number of carbonyl (C=O) groups excluding carboxylic acids is 2. The summed E-state index contributed by atoms with van der Waals surface area (Å²) in [4.78, 5) is 29.3. The topological polar surface area (TPSA) is 91.6 Å². The van der Waals surface area contributed by atoms with Crippen LogP contribution in [0.2, 0.25) is 0 Å². The molecule has 4 rings (SSSR count). The van der Waals surface area contributed by atoms with E-state index in [1.165, 1.54) is 0 Å². The molecule has 0 radical (unpaired) electrons. The molecule has 2 aliphatic rings. The van der Waals surface area contributed by atoms with Crippen molar-refractivity contribution in [3.05, 3.63) is 47.7 Å². The molecule has 8 heteroatoms. The quantitative estimate of drug-likeness (QED) is 0.854. The lowest BCUT2D eigenvalue weighted by Crippen LogP contribution is -2.51. The van der Waals surface area contributed by atoms with E-state index >= 15 is 0 Å². The van der Waals surface area contributed by atoms with Gasteiger partial charge in [-0.2, -0.15) is 0 Å². The summed E-state index contributed by atoms with van der Waals surface area (Å²) < 4.78 is 5.83. The normalized spacial score (nSPS) is 23.7. The molecule has 2 aromatic rings. The number of rotatable bonds is 4. The van der Waals surface area contributed by atoms with Crippen molar-refractivity contribution in [2.24, 2.45) is 5.92 Å². The third-order valence-corrected chi connectivity index (χ3v) is 6.04. The van der Waals surface area contributed by atoms with Crippen LogP contribution in [0.15, 0.2) is 34.7 Å².